The van der Waals surface area contributed by atoms with Crippen LogP contribution < -0.4 is 11.1 Å². The maximum atomic E-state index is 12.1. The van der Waals surface area contributed by atoms with Crippen molar-refractivity contribution in [3.05, 3.63) is 69.8 Å². The maximum absolute atomic E-state index is 12.1. The quantitative estimate of drug-likeness (QED) is 0.428. The molecule has 0 spiro atoms. The molecule has 0 saturated carbocycles. The summed E-state index contributed by atoms with van der Waals surface area (Å²) in [6.45, 7) is 0.219. The van der Waals surface area contributed by atoms with Gasteiger partial charge in [0, 0.05) is 12.6 Å². The zero-order chi connectivity index (χ0) is 16.8. The lowest BCUT2D eigenvalue weighted by Crippen LogP contribution is -2.26. The summed E-state index contributed by atoms with van der Waals surface area (Å²) in [7, 11) is 0. The Bertz CT molecular complexity index is 704. The molecule has 0 bridgehead atoms. The van der Waals surface area contributed by atoms with Crippen LogP contribution in [0, 0.1) is 10.1 Å². The fourth-order valence-electron chi connectivity index (χ4n) is 2.17. The normalized spacial score (nSPS) is 11.7. The maximum Gasteiger partial charge on any atom is 0.292 e. The Morgan fingerprint density at radius 1 is 1.22 bits per heavy atom. The van der Waals surface area contributed by atoms with Gasteiger partial charge in [-0.05, 0) is 18.1 Å². The van der Waals surface area contributed by atoms with Crippen LogP contribution in [0.3, 0.4) is 0 Å². The second-order valence-electron chi connectivity index (χ2n) is 4.97. The van der Waals surface area contributed by atoms with E-state index in [1.165, 1.54) is 18.2 Å². The molecule has 23 heavy (non-hydrogen) atoms. The molecular weight excluding hydrogens is 298 g/mol. The molecule has 0 saturated heterocycles. The number of amides is 1. The van der Waals surface area contributed by atoms with E-state index in [0.717, 1.165) is 5.56 Å². The molecule has 1 unspecified atom stereocenters. The average Bonchev–Trinajstić information content (AvgIpc) is 2.55. The first-order chi connectivity index (χ1) is 11.0. The predicted octanol–water partition coefficient (Wildman–Crippen LogP) is 2.03. The van der Waals surface area contributed by atoms with Crippen LogP contribution in [0.2, 0.25) is 0 Å². The first kappa shape index (κ1) is 16.4. The Kier molecular flexibility index (Phi) is 5.27. The Labute approximate surface area is 132 Å². The van der Waals surface area contributed by atoms with Gasteiger partial charge in [-0.1, -0.05) is 36.4 Å². The average molecular weight is 315 g/mol. The molecule has 4 N–H and O–H groups in total. The summed E-state index contributed by atoms with van der Waals surface area (Å²) in [4.78, 5) is 22.2. The van der Waals surface area contributed by atoms with Gasteiger partial charge < -0.3 is 16.2 Å². The molecule has 0 aromatic heterocycles. The topological polar surface area (TPSA) is 118 Å². The van der Waals surface area contributed by atoms with E-state index in [2.05, 4.69) is 5.32 Å². The lowest BCUT2D eigenvalue weighted by molar-refractivity contribution is -0.383. The van der Waals surface area contributed by atoms with Gasteiger partial charge in [0.2, 0.25) is 0 Å². The Balaban J connectivity index is 1.95. The van der Waals surface area contributed by atoms with Crippen LogP contribution in [0.5, 0.6) is 0 Å². The van der Waals surface area contributed by atoms with Gasteiger partial charge in [-0.15, -0.1) is 0 Å². The van der Waals surface area contributed by atoms with Gasteiger partial charge in [-0.3, -0.25) is 14.9 Å². The van der Waals surface area contributed by atoms with Crippen LogP contribution in [0.1, 0.15) is 28.4 Å². The van der Waals surface area contributed by atoms with Crippen molar-refractivity contribution >= 4 is 17.3 Å². The summed E-state index contributed by atoms with van der Waals surface area (Å²) in [5, 5.41) is 23.4. The monoisotopic (exact) mass is 315 g/mol. The number of carbonyl (C=O) groups is 1. The number of rotatable bonds is 6. The van der Waals surface area contributed by atoms with Gasteiger partial charge in [-0.25, -0.2) is 0 Å². The molecule has 2 aromatic rings. The van der Waals surface area contributed by atoms with E-state index in [-0.39, 0.29) is 23.5 Å². The number of hydrogen-bond donors (Lipinski definition) is 3. The van der Waals surface area contributed by atoms with E-state index in [9.17, 15) is 20.0 Å². The molecule has 1 atom stereocenters. The van der Waals surface area contributed by atoms with Gasteiger partial charge >= 0.3 is 0 Å². The number of nitrogens with one attached hydrogen (secondary N) is 1. The first-order valence-electron chi connectivity index (χ1n) is 7.04. The van der Waals surface area contributed by atoms with Gasteiger partial charge in [-0.2, -0.15) is 0 Å². The fraction of sp³-hybridized carbons (Fsp3) is 0.188. The van der Waals surface area contributed by atoms with Gasteiger partial charge in [0.05, 0.1) is 16.6 Å². The van der Waals surface area contributed by atoms with Crippen LogP contribution in [-0.2, 0) is 0 Å². The third kappa shape index (κ3) is 4.04. The molecule has 1 amide bonds. The molecule has 2 rings (SSSR count). The molecule has 120 valence electrons. The van der Waals surface area contributed by atoms with Gasteiger partial charge in [0.25, 0.3) is 11.6 Å². The van der Waals surface area contributed by atoms with Crippen molar-refractivity contribution in [2.24, 2.45) is 0 Å². The minimum absolute atomic E-state index is 0.0494. The lowest BCUT2D eigenvalue weighted by atomic mass is 10.1. The van der Waals surface area contributed by atoms with E-state index in [1.807, 2.05) is 18.2 Å². The van der Waals surface area contributed by atoms with Crippen molar-refractivity contribution in [3.8, 4) is 0 Å². The number of aliphatic hydroxyl groups is 1. The highest BCUT2D eigenvalue weighted by Crippen LogP contribution is 2.24. The molecule has 7 heteroatoms. The molecular formula is C16H17N3O4. The number of hydrogen-bond acceptors (Lipinski definition) is 5. The largest absolute Gasteiger partial charge is 0.393 e. The van der Waals surface area contributed by atoms with Crippen LogP contribution >= 0.6 is 0 Å². The summed E-state index contributed by atoms with van der Waals surface area (Å²) in [6, 6.07) is 13.2. The number of aliphatic hydroxyl groups excluding tert-OH is 1. The first-order valence-corrected chi connectivity index (χ1v) is 7.04. The van der Waals surface area contributed by atoms with E-state index >= 15 is 0 Å². The Morgan fingerprint density at radius 2 is 1.91 bits per heavy atom. The van der Waals surface area contributed by atoms with Crippen molar-refractivity contribution in [3.63, 3.8) is 0 Å². The third-order valence-electron chi connectivity index (χ3n) is 3.41. The summed E-state index contributed by atoms with van der Waals surface area (Å²) in [6.07, 6.45) is -0.371. The highest BCUT2D eigenvalue weighted by molar-refractivity contribution is 6.00. The zero-order valence-corrected chi connectivity index (χ0v) is 12.3. The van der Waals surface area contributed by atoms with E-state index in [0.29, 0.717) is 6.42 Å². The molecule has 2 aromatic carbocycles. The van der Waals surface area contributed by atoms with Gasteiger partial charge in [0.15, 0.2) is 0 Å². The highest BCUT2D eigenvalue weighted by atomic mass is 16.6. The second-order valence-corrected chi connectivity index (χ2v) is 4.97. The summed E-state index contributed by atoms with van der Waals surface area (Å²) in [5.74, 6) is -0.508. The number of para-hydroxylation sites is 1. The number of nitrogen functional groups attached to an aromatic ring is 1. The SMILES string of the molecule is Nc1c(C(=O)NCCC(O)c2ccccc2)cccc1[N+](=O)[O-]. The Morgan fingerprint density at radius 3 is 2.57 bits per heavy atom. The van der Waals surface area contributed by atoms with Crippen molar-refractivity contribution < 1.29 is 14.8 Å². The van der Waals surface area contributed by atoms with Crippen molar-refractivity contribution in [2.75, 3.05) is 12.3 Å². The zero-order valence-electron chi connectivity index (χ0n) is 12.3. The smallest absolute Gasteiger partial charge is 0.292 e. The number of nitro groups is 1. The third-order valence-corrected chi connectivity index (χ3v) is 3.41. The molecule has 0 fully saturated rings. The Hall–Kier alpha value is -2.93. The molecule has 0 aliphatic carbocycles. The molecule has 0 heterocycles. The van der Waals surface area contributed by atoms with Crippen LogP contribution in [0.15, 0.2) is 48.5 Å². The van der Waals surface area contributed by atoms with Crippen LogP contribution in [0.25, 0.3) is 0 Å². The van der Waals surface area contributed by atoms with Crippen LogP contribution in [-0.4, -0.2) is 22.5 Å². The molecule has 0 radical (unpaired) electrons. The minimum atomic E-state index is -0.695. The van der Waals surface area contributed by atoms with Crippen molar-refractivity contribution in [2.45, 2.75) is 12.5 Å². The number of carbonyl (C=O) groups excluding carboxylic acids is 1. The van der Waals surface area contributed by atoms with E-state index in [1.54, 1.807) is 12.1 Å². The van der Waals surface area contributed by atoms with Crippen LogP contribution in [0.4, 0.5) is 11.4 Å². The van der Waals surface area contributed by atoms with Crippen molar-refractivity contribution in [1.29, 1.82) is 0 Å². The number of benzene rings is 2. The number of nitro benzene ring substituents is 1. The molecule has 0 aliphatic heterocycles. The second kappa shape index (κ2) is 7.37. The standard InChI is InChI=1S/C16H17N3O4/c17-15-12(7-4-8-13(15)19(22)23)16(21)18-10-9-14(20)11-5-2-1-3-6-11/h1-8,14,20H,9-10,17H2,(H,18,21). The number of nitrogens with two attached hydrogens (primary N) is 1. The molecule has 0 aliphatic rings. The number of nitrogens with zero attached hydrogens (tertiary/aromatic N) is 1. The predicted molar refractivity (Wildman–Crippen MR) is 85.9 cm³/mol. The van der Waals surface area contributed by atoms with E-state index < -0.39 is 16.9 Å². The van der Waals surface area contributed by atoms with Crippen molar-refractivity contribution in [1.82, 2.24) is 5.32 Å². The minimum Gasteiger partial charge on any atom is -0.393 e. The van der Waals surface area contributed by atoms with Gasteiger partial charge in [0.1, 0.15) is 5.69 Å². The summed E-state index contributed by atoms with van der Waals surface area (Å²) >= 11 is 0. The lowest BCUT2D eigenvalue weighted by Gasteiger charge is -2.12. The fourth-order valence-corrected chi connectivity index (χ4v) is 2.17. The molecule has 7 nitrogen and oxygen atoms in total. The van der Waals surface area contributed by atoms with E-state index in [4.69, 9.17) is 5.73 Å². The number of anilines is 1. The summed E-state index contributed by atoms with van der Waals surface area (Å²) in [5.41, 5.74) is 5.99. The highest BCUT2D eigenvalue weighted by Gasteiger charge is 2.19. The summed E-state index contributed by atoms with van der Waals surface area (Å²) < 4.78 is 0.